The van der Waals surface area contributed by atoms with Crippen molar-refractivity contribution in [2.45, 2.75) is 65.3 Å². The lowest BCUT2D eigenvalue weighted by Gasteiger charge is -2.39. The lowest BCUT2D eigenvalue weighted by molar-refractivity contribution is -0.274. The molecule has 4 N–H and O–H groups in total. The SMILES string of the molecule is CC(C)(C)C1CCC(C(NC(=O)Nc2ccc(OC(F)(F)F)cc2)c2ccc(C(=O)NCCC(=O)O)cn2)CC1. The van der Waals surface area contributed by atoms with Gasteiger partial charge in [0.25, 0.3) is 5.91 Å². The van der Waals surface area contributed by atoms with Gasteiger partial charge in [-0.3, -0.25) is 14.6 Å². The second-order valence-corrected chi connectivity index (χ2v) is 11.0. The fraction of sp³-hybridized carbons (Fsp3) is 0.500. The number of aliphatic carboxylic acids is 1. The Labute approximate surface area is 230 Å². The van der Waals surface area contributed by atoms with E-state index in [1.807, 2.05) is 0 Å². The number of carbonyl (C=O) groups excluding carboxylic acids is 2. The molecule has 40 heavy (non-hydrogen) atoms. The van der Waals surface area contributed by atoms with E-state index >= 15 is 0 Å². The highest BCUT2D eigenvalue weighted by Gasteiger charge is 2.35. The Bertz CT molecular complexity index is 1160. The van der Waals surface area contributed by atoms with Crippen LogP contribution in [0.5, 0.6) is 5.75 Å². The monoisotopic (exact) mass is 564 g/mol. The van der Waals surface area contributed by atoms with E-state index in [9.17, 15) is 27.6 Å². The molecule has 3 rings (SSSR count). The molecule has 0 aliphatic heterocycles. The molecule has 1 saturated carbocycles. The first-order chi connectivity index (χ1) is 18.7. The normalized spacial score (nSPS) is 18.4. The van der Waals surface area contributed by atoms with Crippen molar-refractivity contribution in [1.29, 1.82) is 0 Å². The zero-order valence-corrected chi connectivity index (χ0v) is 22.7. The van der Waals surface area contributed by atoms with Crippen molar-refractivity contribution in [1.82, 2.24) is 15.6 Å². The van der Waals surface area contributed by atoms with Crippen LogP contribution in [0.1, 0.15) is 75.0 Å². The number of hydrogen-bond donors (Lipinski definition) is 4. The van der Waals surface area contributed by atoms with E-state index in [1.165, 1.54) is 18.3 Å². The number of hydrogen-bond acceptors (Lipinski definition) is 5. The van der Waals surface area contributed by atoms with Gasteiger partial charge < -0.3 is 25.8 Å². The predicted molar refractivity (Wildman–Crippen MR) is 142 cm³/mol. The van der Waals surface area contributed by atoms with Gasteiger partial charge in [0.15, 0.2) is 0 Å². The summed E-state index contributed by atoms with van der Waals surface area (Å²) in [6, 6.07) is 7.04. The van der Waals surface area contributed by atoms with Crippen molar-refractivity contribution in [2.24, 2.45) is 17.3 Å². The second kappa shape index (κ2) is 13.0. The third-order valence-electron chi connectivity index (χ3n) is 7.09. The van der Waals surface area contributed by atoms with Gasteiger partial charge in [0.05, 0.1) is 23.7 Å². The van der Waals surface area contributed by atoms with Crippen molar-refractivity contribution in [3.05, 3.63) is 53.9 Å². The van der Waals surface area contributed by atoms with E-state index in [-0.39, 0.29) is 35.5 Å². The predicted octanol–water partition coefficient (Wildman–Crippen LogP) is 5.90. The van der Waals surface area contributed by atoms with Crippen LogP contribution in [0, 0.1) is 17.3 Å². The number of nitrogens with zero attached hydrogens (tertiary/aromatic N) is 1. The van der Waals surface area contributed by atoms with Crippen LogP contribution in [0.25, 0.3) is 0 Å². The fourth-order valence-corrected chi connectivity index (χ4v) is 4.91. The molecule has 2 aromatic rings. The van der Waals surface area contributed by atoms with Gasteiger partial charge in [-0.25, -0.2) is 4.79 Å². The number of rotatable bonds is 9. The van der Waals surface area contributed by atoms with Gasteiger partial charge >= 0.3 is 18.4 Å². The molecule has 218 valence electrons. The highest BCUT2D eigenvalue weighted by molar-refractivity contribution is 5.94. The quantitative estimate of drug-likeness (QED) is 0.300. The minimum absolute atomic E-state index is 0.0133. The third kappa shape index (κ3) is 9.42. The number of urea groups is 1. The maximum Gasteiger partial charge on any atom is 0.573 e. The molecule has 1 atom stereocenters. The van der Waals surface area contributed by atoms with E-state index < -0.39 is 36.1 Å². The number of carboxylic acids is 1. The van der Waals surface area contributed by atoms with E-state index in [1.54, 1.807) is 12.1 Å². The van der Waals surface area contributed by atoms with Gasteiger partial charge in [0, 0.05) is 18.4 Å². The Kier molecular flexibility index (Phi) is 9.99. The highest BCUT2D eigenvalue weighted by Crippen LogP contribution is 2.43. The molecule has 0 saturated heterocycles. The lowest BCUT2D eigenvalue weighted by atomic mass is 9.68. The topological polar surface area (TPSA) is 130 Å². The first-order valence-corrected chi connectivity index (χ1v) is 13.1. The van der Waals surface area contributed by atoms with Gasteiger partial charge in [0.2, 0.25) is 0 Å². The van der Waals surface area contributed by atoms with Crippen molar-refractivity contribution in [2.75, 3.05) is 11.9 Å². The third-order valence-corrected chi connectivity index (χ3v) is 7.09. The Morgan fingerprint density at radius 3 is 2.20 bits per heavy atom. The molecule has 1 aliphatic rings. The van der Waals surface area contributed by atoms with Gasteiger partial charge in [-0.2, -0.15) is 0 Å². The Balaban J connectivity index is 1.72. The number of anilines is 1. The Morgan fingerprint density at radius 1 is 1.02 bits per heavy atom. The molecular weight excluding hydrogens is 529 g/mol. The zero-order chi connectivity index (χ0) is 29.5. The number of ether oxygens (including phenoxy) is 1. The van der Waals surface area contributed by atoms with Gasteiger partial charge in [-0.05, 0) is 79.3 Å². The maximum absolute atomic E-state index is 13.0. The number of alkyl halides is 3. The summed E-state index contributed by atoms with van der Waals surface area (Å²) < 4.78 is 41.1. The number of carbonyl (C=O) groups is 3. The Hall–Kier alpha value is -3.83. The van der Waals surface area contributed by atoms with Crippen molar-refractivity contribution in [3.8, 4) is 5.75 Å². The van der Waals surface area contributed by atoms with Crippen LogP contribution in [0.4, 0.5) is 23.7 Å². The number of nitrogens with one attached hydrogen (secondary N) is 3. The summed E-state index contributed by atoms with van der Waals surface area (Å²) in [7, 11) is 0. The molecule has 9 nitrogen and oxygen atoms in total. The summed E-state index contributed by atoms with van der Waals surface area (Å²) in [6.45, 7) is 6.64. The number of aromatic nitrogens is 1. The summed E-state index contributed by atoms with van der Waals surface area (Å²) in [5.74, 6) is -1.25. The molecule has 1 fully saturated rings. The van der Waals surface area contributed by atoms with Gasteiger partial charge in [-0.15, -0.1) is 13.2 Å². The molecule has 1 aliphatic carbocycles. The minimum atomic E-state index is -4.81. The fourth-order valence-electron chi connectivity index (χ4n) is 4.91. The molecular formula is C28H35F3N4O5. The summed E-state index contributed by atoms with van der Waals surface area (Å²) in [5, 5.41) is 16.9. The Morgan fingerprint density at radius 2 is 1.68 bits per heavy atom. The molecule has 0 bridgehead atoms. The number of pyridine rings is 1. The van der Waals surface area contributed by atoms with Crippen molar-refractivity contribution >= 4 is 23.6 Å². The van der Waals surface area contributed by atoms with Gasteiger partial charge in [0.1, 0.15) is 5.75 Å². The first-order valence-electron chi connectivity index (χ1n) is 13.1. The smallest absolute Gasteiger partial charge is 0.481 e. The summed E-state index contributed by atoms with van der Waals surface area (Å²) >= 11 is 0. The number of amides is 3. The van der Waals surface area contributed by atoms with Crippen LogP contribution in [-0.4, -0.2) is 40.9 Å². The highest BCUT2D eigenvalue weighted by atomic mass is 19.4. The van der Waals surface area contributed by atoms with Crippen LogP contribution in [0.2, 0.25) is 0 Å². The van der Waals surface area contributed by atoms with E-state index in [0.717, 1.165) is 37.8 Å². The zero-order valence-electron chi connectivity index (χ0n) is 22.7. The molecule has 1 unspecified atom stereocenters. The van der Waals surface area contributed by atoms with Crippen LogP contribution in [-0.2, 0) is 4.79 Å². The summed E-state index contributed by atoms with van der Waals surface area (Å²) in [6.07, 6.45) is 0.0570. The molecule has 1 aromatic carbocycles. The molecule has 12 heteroatoms. The maximum atomic E-state index is 13.0. The van der Waals surface area contributed by atoms with Crippen LogP contribution >= 0.6 is 0 Å². The molecule has 1 heterocycles. The summed E-state index contributed by atoms with van der Waals surface area (Å²) in [4.78, 5) is 40.4. The largest absolute Gasteiger partial charge is 0.573 e. The van der Waals surface area contributed by atoms with Crippen LogP contribution < -0.4 is 20.7 Å². The first kappa shape index (κ1) is 30.7. The van der Waals surface area contributed by atoms with Crippen LogP contribution in [0.15, 0.2) is 42.6 Å². The van der Waals surface area contributed by atoms with E-state index in [2.05, 4.69) is 46.4 Å². The molecule has 3 amide bonds. The number of halogens is 3. The van der Waals surface area contributed by atoms with Gasteiger partial charge in [-0.1, -0.05) is 20.8 Å². The average molecular weight is 565 g/mol. The second-order valence-electron chi connectivity index (χ2n) is 11.0. The van der Waals surface area contributed by atoms with Crippen LogP contribution in [0.3, 0.4) is 0 Å². The summed E-state index contributed by atoms with van der Waals surface area (Å²) in [5.41, 5.74) is 1.27. The standard InChI is InChI=1S/C28H35F3N4O5/c1-27(2,3)19-7-4-17(5-8-19)24(22-13-6-18(16-33-22)25(38)32-15-14-23(36)37)35-26(39)34-20-9-11-21(12-10-20)40-28(29,30)31/h6,9-13,16-17,19,24H,4-5,7-8,14-15H2,1-3H3,(H,32,38)(H,36,37)(H2,34,35,39). The van der Waals surface area contributed by atoms with E-state index in [0.29, 0.717) is 11.6 Å². The minimum Gasteiger partial charge on any atom is -0.481 e. The van der Waals surface area contributed by atoms with Crippen molar-refractivity contribution in [3.63, 3.8) is 0 Å². The number of carboxylic acid groups (broad SMARTS) is 1. The molecule has 0 radical (unpaired) electrons. The lowest BCUT2D eigenvalue weighted by Crippen LogP contribution is -2.39. The molecule has 1 aromatic heterocycles. The molecule has 0 spiro atoms. The average Bonchev–Trinajstić information content (AvgIpc) is 2.87. The van der Waals surface area contributed by atoms with Crippen molar-refractivity contribution < 1.29 is 37.4 Å². The number of benzene rings is 1. The van der Waals surface area contributed by atoms with E-state index in [4.69, 9.17) is 5.11 Å².